The Morgan fingerprint density at radius 2 is 1.50 bits per heavy atom. The third-order valence-corrected chi connectivity index (χ3v) is 3.28. The van der Waals surface area contributed by atoms with Gasteiger partial charge in [-0.2, -0.15) is 0 Å². The lowest BCUT2D eigenvalue weighted by Crippen LogP contribution is -2.39. The van der Waals surface area contributed by atoms with E-state index in [1.54, 1.807) is 0 Å². The van der Waals surface area contributed by atoms with E-state index >= 15 is 0 Å². The Bertz CT molecular complexity index is 106. The maximum Gasteiger partial charge on any atom is 0.0496 e. The fraction of sp³-hybridized carbons (Fsp3) is 1.00. The lowest BCUT2D eigenvalue weighted by molar-refractivity contribution is -0.0595. The molecule has 1 rings (SSSR count). The standard InChI is InChI=1S/C9H18O/c1-7-5-10-6-8(2)9(7,3)4/h7-8H,5-6H2,1-4H3. The summed E-state index contributed by atoms with van der Waals surface area (Å²) in [5, 5.41) is 0. The zero-order valence-electron chi connectivity index (χ0n) is 7.48. The van der Waals surface area contributed by atoms with Gasteiger partial charge in [-0.1, -0.05) is 27.7 Å². The molecule has 0 spiro atoms. The first kappa shape index (κ1) is 8.06. The Kier molecular flexibility index (Phi) is 2.04. The van der Waals surface area contributed by atoms with Gasteiger partial charge in [-0.25, -0.2) is 0 Å². The fourth-order valence-electron chi connectivity index (χ4n) is 1.34. The van der Waals surface area contributed by atoms with Crippen LogP contribution in [0.25, 0.3) is 0 Å². The molecule has 0 N–H and O–H groups in total. The van der Waals surface area contributed by atoms with E-state index in [1.807, 2.05) is 0 Å². The molecule has 0 amide bonds. The first-order valence-electron chi connectivity index (χ1n) is 4.13. The quantitative estimate of drug-likeness (QED) is 0.504. The van der Waals surface area contributed by atoms with E-state index in [0.29, 0.717) is 17.3 Å². The molecule has 0 aromatic carbocycles. The van der Waals surface area contributed by atoms with Crippen molar-refractivity contribution in [2.24, 2.45) is 17.3 Å². The van der Waals surface area contributed by atoms with Gasteiger partial charge in [0.2, 0.25) is 0 Å². The third kappa shape index (κ3) is 1.20. The molecule has 2 unspecified atom stereocenters. The van der Waals surface area contributed by atoms with Crippen LogP contribution < -0.4 is 0 Å². The van der Waals surface area contributed by atoms with E-state index < -0.39 is 0 Å². The van der Waals surface area contributed by atoms with Crippen molar-refractivity contribution in [3.63, 3.8) is 0 Å². The summed E-state index contributed by atoms with van der Waals surface area (Å²) in [4.78, 5) is 0. The van der Waals surface area contributed by atoms with Gasteiger partial charge in [0.1, 0.15) is 0 Å². The van der Waals surface area contributed by atoms with Crippen LogP contribution in [-0.2, 0) is 4.74 Å². The predicted octanol–water partition coefficient (Wildman–Crippen LogP) is 2.32. The van der Waals surface area contributed by atoms with E-state index in [4.69, 9.17) is 4.74 Å². The van der Waals surface area contributed by atoms with Crippen LogP contribution in [-0.4, -0.2) is 13.2 Å². The second kappa shape index (κ2) is 2.54. The van der Waals surface area contributed by atoms with Gasteiger partial charge >= 0.3 is 0 Å². The molecule has 1 aliphatic heterocycles. The van der Waals surface area contributed by atoms with Gasteiger partial charge in [0, 0.05) is 13.2 Å². The molecule has 1 aliphatic rings. The Hall–Kier alpha value is -0.0400. The van der Waals surface area contributed by atoms with Crippen LogP contribution >= 0.6 is 0 Å². The normalized spacial score (nSPS) is 39.6. The minimum Gasteiger partial charge on any atom is -0.381 e. The van der Waals surface area contributed by atoms with Crippen molar-refractivity contribution in [3.8, 4) is 0 Å². The van der Waals surface area contributed by atoms with Crippen molar-refractivity contribution in [2.45, 2.75) is 27.7 Å². The molecule has 1 heterocycles. The summed E-state index contributed by atoms with van der Waals surface area (Å²) in [7, 11) is 0. The predicted molar refractivity (Wildman–Crippen MR) is 42.9 cm³/mol. The minimum atomic E-state index is 0.470. The molecule has 0 aliphatic carbocycles. The maximum absolute atomic E-state index is 5.43. The summed E-state index contributed by atoms with van der Waals surface area (Å²) in [5.41, 5.74) is 0.470. The molecule has 2 atom stereocenters. The van der Waals surface area contributed by atoms with Crippen LogP contribution in [0.4, 0.5) is 0 Å². The molecular formula is C9H18O. The van der Waals surface area contributed by atoms with Crippen LogP contribution in [0.5, 0.6) is 0 Å². The molecule has 0 bridgehead atoms. The Morgan fingerprint density at radius 1 is 1.10 bits per heavy atom. The van der Waals surface area contributed by atoms with Crippen molar-refractivity contribution >= 4 is 0 Å². The highest BCUT2D eigenvalue weighted by atomic mass is 16.5. The molecule has 0 radical (unpaired) electrons. The van der Waals surface area contributed by atoms with Gasteiger partial charge in [-0.15, -0.1) is 0 Å². The van der Waals surface area contributed by atoms with Crippen molar-refractivity contribution in [2.75, 3.05) is 13.2 Å². The SMILES string of the molecule is CC1COCC(C)C1(C)C. The van der Waals surface area contributed by atoms with E-state index in [9.17, 15) is 0 Å². The molecule has 1 heteroatoms. The van der Waals surface area contributed by atoms with Crippen molar-refractivity contribution < 1.29 is 4.74 Å². The van der Waals surface area contributed by atoms with Crippen LogP contribution in [0.3, 0.4) is 0 Å². The average Bonchev–Trinajstić information content (AvgIpc) is 1.84. The van der Waals surface area contributed by atoms with Crippen molar-refractivity contribution in [1.29, 1.82) is 0 Å². The third-order valence-electron chi connectivity index (χ3n) is 3.28. The Morgan fingerprint density at radius 3 is 1.80 bits per heavy atom. The summed E-state index contributed by atoms with van der Waals surface area (Å²) >= 11 is 0. The summed E-state index contributed by atoms with van der Waals surface area (Å²) in [6.07, 6.45) is 0. The lowest BCUT2D eigenvalue weighted by Gasteiger charge is -2.41. The van der Waals surface area contributed by atoms with Crippen molar-refractivity contribution in [1.82, 2.24) is 0 Å². The second-order valence-electron chi connectivity index (χ2n) is 4.16. The topological polar surface area (TPSA) is 9.23 Å². The molecule has 1 saturated heterocycles. The summed E-state index contributed by atoms with van der Waals surface area (Å²) < 4.78 is 5.43. The summed E-state index contributed by atoms with van der Waals surface area (Å²) in [6, 6.07) is 0. The second-order valence-corrected chi connectivity index (χ2v) is 4.16. The number of ether oxygens (including phenoxy) is 1. The molecule has 0 saturated carbocycles. The largest absolute Gasteiger partial charge is 0.381 e. The Labute approximate surface area is 63.8 Å². The molecule has 0 aromatic rings. The van der Waals surface area contributed by atoms with E-state index in [0.717, 1.165) is 13.2 Å². The fourth-order valence-corrected chi connectivity index (χ4v) is 1.34. The van der Waals surface area contributed by atoms with Crippen molar-refractivity contribution in [3.05, 3.63) is 0 Å². The van der Waals surface area contributed by atoms with Gasteiger partial charge in [0.15, 0.2) is 0 Å². The zero-order valence-corrected chi connectivity index (χ0v) is 7.48. The van der Waals surface area contributed by atoms with E-state index in [2.05, 4.69) is 27.7 Å². The van der Waals surface area contributed by atoms with Gasteiger partial charge in [0.05, 0.1) is 0 Å². The highest BCUT2D eigenvalue weighted by Gasteiger charge is 2.35. The smallest absolute Gasteiger partial charge is 0.0496 e. The molecule has 1 nitrogen and oxygen atoms in total. The number of hydrogen-bond acceptors (Lipinski definition) is 1. The molecule has 1 fully saturated rings. The van der Waals surface area contributed by atoms with Gasteiger partial charge in [-0.05, 0) is 17.3 Å². The first-order valence-corrected chi connectivity index (χ1v) is 4.13. The highest BCUT2D eigenvalue weighted by molar-refractivity contribution is 4.83. The lowest BCUT2D eigenvalue weighted by atomic mass is 9.70. The van der Waals surface area contributed by atoms with Crippen LogP contribution in [0.15, 0.2) is 0 Å². The molecule has 60 valence electrons. The monoisotopic (exact) mass is 142 g/mol. The maximum atomic E-state index is 5.43. The van der Waals surface area contributed by atoms with Crippen LogP contribution in [0, 0.1) is 17.3 Å². The number of hydrogen-bond donors (Lipinski definition) is 0. The number of rotatable bonds is 0. The van der Waals surface area contributed by atoms with Gasteiger partial charge in [-0.3, -0.25) is 0 Å². The van der Waals surface area contributed by atoms with Gasteiger partial charge in [0.25, 0.3) is 0 Å². The minimum absolute atomic E-state index is 0.470. The summed E-state index contributed by atoms with van der Waals surface area (Å²) in [6.45, 7) is 11.1. The molecular weight excluding hydrogens is 124 g/mol. The Balaban J connectivity index is 2.63. The van der Waals surface area contributed by atoms with E-state index in [-0.39, 0.29) is 0 Å². The van der Waals surface area contributed by atoms with Gasteiger partial charge < -0.3 is 4.74 Å². The summed E-state index contributed by atoms with van der Waals surface area (Å²) in [5.74, 6) is 1.41. The van der Waals surface area contributed by atoms with E-state index in [1.165, 1.54) is 0 Å². The highest BCUT2D eigenvalue weighted by Crippen LogP contribution is 2.38. The van der Waals surface area contributed by atoms with Crippen LogP contribution in [0.2, 0.25) is 0 Å². The van der Waals surface area contributed by atoms with Crippen LogP contribution in [0.1, 0.15) is 27.7 Å². The zero-order chi connectivity index (χ0) is 7.78. The molecule has 0 aromatic heterocycles. The average molecular weight is 142 g/mol. The first-order chi connectivity index (χ1) is 4.55. The molecule has 10 heavy (non-hydrogen) atoms.